The van der Waals surface area contributed by atoms with Gasteiger partial charge in [-0.1, -0.05) is 11.6 Å². The summed E-state index contributed by atoms with van der Waals surface area (Å²) >= 11 is 6.03. The summed E-state index contributed by atoms with van der Waals surface area (Å²) < 4.78 is 5.30. The van der Waals surface area contributed by atoms with E-state index in [-0.39, 0.29) is 24.3 Å². The Kier molecular flexibility index (Phi) is 6.48. The lowest BCUT2D eigenvalue weighted by Gasteiger charge is -2.10. The number of rotatable bonds is 6. The molecule has 20 heavy (non-hydrogen) atoms. The summed E-state index contributed by atoms with van der Waals surface area (Å²) in [5, 5.41) is 5.51. The number of ether oxygens (including phenoxy) is 1. The first kappa shape index (κ1) is 16.5. The smallest absolute Gasteiger partial charge is 0.251 e. The van der Waals surface area contributed by atoms with E-state index in [1.54, 1.807) is 19.2 Å². The van der Waals surface area contributed by atoms with Crippen molar-refractivity contribution in [2.45, 2.75) is 26.4 Å². The Morgan fingerprint density at radius 1 is 1.35 bits per heavy atom. The normalized spacial score (nSPS) is 10.4. The lowest BCUT2D eigenvalue weighted by Crippen LogP contribution is -2.18. The van der Waals surface area contributed by atoms with E-state index in [0.717, 1.165) is 0 Å². The second kappa shape index (κ2) is 7.87. The number of halogens is 1. The zero-order valence-electron chi connectivity index (χ0n) is 11.8. The van der Waals surface area contributed by atoms with Crippen LogP contribution in [0.5, 0.6) is 0 Å². The first-order valence-corrected chi connectivity index (χ1v) is 6.75. The van der Waals surface area contributed by atoms with Crippen LogP contribution >= 0.6 is 11.6 Å². The molecule has 0 aromatic heterocycles. The third kappa shape index (κ3) is 5.19. The Bertz CT molecular complexity index is 489. The van der Waals surface area contributed by atoms with Gasteiger partial charge < -0.3 is 15.4 Å². The van der Waals surface area contributed by atoms with Gasteiger partial charge in [0, 0.05) is 12.6 Å². The quantitative estimate of drug-likeness (QED) is 0.848. The minimum atomic E-state index is -0.227. The summed E-state index contributed by atoms with van der Waals surface area (Å²) in [6, 6.07) is 4.72. The molecule has 0 heterocycles. The Morgan fingerprint density at radius 3 is 2.60 bits per heavy atom. The van der Waals surface area contributed by atoms with Gasteiger partial charge in [-0.25, -0.2) is 0 Å². The lowest BCUT2D eigenvalue weighted by molar-refractivity contribution is -0.117. The number of carbonyl (C=O) groups excluding carboxylic acids is 2. The highest BCUT2D eigenvalue weighted by Crippen LogP contribution is 2.23. The molecule has 5 nitrogen and oxygen atoms in total. The number of anilines is 1. The lowest BCUT2D eigenvalue weighted by atomic mass is 10.2. The summed E-state index contributed by atoms with van der Waals surface area (Å²) in [6.07, 6.45) is 0.351. The molecule has 0 aliphatic heterocycles. The molecule has 0 spiro atoms. The fraction of sp³-hybridized carbons (Fsp3) is 0.429. The van der Waals surface area contributed by atoms with E-state index in [0.29, 0.717) is 22.9 Å². The average molecular weight is 299 g/mol. The molecule has 1 aromatic rings. The van der Waals surface area contributed by atoms with Gasteiger partial charge in [0.25, 0.3) is 5.91 Å². The van der Waals surface area contributed by atoms with E-state index in [9.17, 15) is 9.59 Å². The van der Waals surface area contributed by atoms with Crippen molar-refractivity contribution in [2.75, 3.05) is 19.0 Å². The van der Waals surface area contributed by atoms with E-state index in [1.165, 1.54) is 6.07 Å². The van der Waals surface area contributed by atoms with E-state index in [4.69, 9.17) is 16.3 Å². The number of benzene rings is 1. The maximum atomic E-state index is 11.7. The monoisotopic (exact) mass is 298 g/mol. The Balaban J connectivity index is 2.60. The highest BCUT2D eigenvalue weighted by molar-refractivity contribution is 6.34. The van der Waals surface area contributed by atoms with E-state index >= 15 is 0 Å². The van der Waals surface area contributed by atoms with Crippen molar-refractivity contribution in [1.29, 1.82) is 0 Å². The van der Waals surface area contributed by atoms with Crippen LogP contribution < -0.4 is 10.6 Å². The van der Waals surface area contributed by atoms with E-state index in [1.807, 2.05) is 13.8 Å². The van der Waals surface area contributed by atoms with Crippen LogP contribution in [0.25, 0.3) is 0 Å². The van der Waals surface area contributed by atoms with Crippen LogP contribution in [0.4, 0.5) is 5.69 Å². The van der Waals surface area contributed by atoms with Crippen molar-refractivity contribution in [1.82, 2.24) is 5.32 Å². The van der Waals surface area contributed by atoms with Crippen molar-refractivity contribution >= 4 is 29.1 Å². The van der Waals surface area contributed by atoms with Crippen molar-refractivity contribution in [3.05, 3.63) is 28.8 Å². The molecular formula is C14H19ClN2O3. The van der Waals surface area contributed by atoms with E-state index in [2.05, 4.69) is 10.6 Å². The first-order chi connectivity index (χ1) is 9.43. The van der Waals surface area contributed by atoms with Crippen molar-refractivity contribution in [3.63, 3.8) is 0 Å². The third-order valence-electron chi connectivity index (χ3n) is 2.51. The second-order valence-electron chi connectivity index (χ2n) is 4.49. The van der Waals surface area contributed by atoms with Crippen molar-refractivity contribution < 1.29 is 14.3 Å². The molecule has 110 valence electrons. The molecule has 0 aliphatic carbocycles. The molecular weight excluding hydrogens is 280 g/mol. The largest absolute Gasteiger partial charge is 0.378 e. The number of carbonyl (C=O) groups is 2. The third-order valence-corrected chi connectivity index (χ3v) is 2.83. The Morgan fingerprint density at radius 2 is 2.05 bits per heavy atom. The molecule has 6 heteroatoms. The van der Waals surface area contributed by atoms with Crippen LogP contribution in [-0.2, 0) is 9.53 Å². The van der Waals surface area contributed by atoms with Crippen LogP contribution in [0, 0.1) is 0 Å². The molecule has 0 atom stereocenters. The summed E-state index contributed by atoms with van der Waals surface area (Å²) in [5.74, 6) is -0.407. The first-order valence-electron chi connectivity index (χ1n) is 6.37. The topological polar surface area (TPSA) is 67.4 Å². The van der Waals surface area contributed by atoms with Gasteiger partial charge >= 0.3 is 0 Å². The fourth-order valence-corrected chi connectivity index (χ4v) is 1.73. The molecule has 0 aliphatic rings. The number of hydrogen-bond acceptors (Lipinski definition) is 3. The summed E-state index contributed by atoms with van der Waals surface area (Å²) in [7, 11) is 1.54. The van der Waals surface area contributed by atoms with Gasteiger partial charge in [-0.05, 0) is 32.0 Å². The molecule has 0 unspecified atom stereocenters. The van der Waals surface area contributed by atoms with Crippen LogP contribution in [0.2, 0.25) is 5.02 Å². The molecule has 0 radical (unpaired) electrons. The summed E-state index contributed by atoms with van der Waals surface area (Å²) in [6.45, 7) is 4.18. The highest BCUT2D eigenvalue weighted by Gasteiger charge is 2.09. The predicted octanol–water partition coefficient (Wildman–Crippen LogP) is 2.45. The summed E-state index contributed by atoms with van der Waals surface area (Å²) in [4.78, 5) is 23.1. The fourth-order valence-electron chi connectivity index (χ4n) is 1.50. The zero-order chi connectivity index (χ0) is 15.1. The predicted molar refractivity (Wildman–Crippen MR) is 79.2 cm³/mol. The van der Waals surface area contributed by atoms with Crippen LogP contribution in [0.15, 0.2) is 18.2 Å². The van der Waals surface area contributed by atoms with Gasteiger partial charge in [-0.2, -0.15) is 0 Å². The molecule has 0 fully saturated rings. The molecule has 2 N–H and O–H groups in total. The van der Waals surface area contributed by atoms with Crippen LogP contribution in [-0.4, -0.2) is 31.6 Å². The van der Waals surface area contributed by atoms with Crippen molar-refractivity contribution in [3.8, 4) is 0 Å². The van der Waals surface area contributed by atoms with E-state index < -0.39 is 0 Å². The molecule has 0 saturated carbocycles. The minimum absolute atomic E-state index is 0.0956. The standard InChI is InChI=1S/C14H19ClN2O3/c1-9(2)20-7-6-13(18)17-12-5-4-10(8-11(12)15)14(19)16-3/h4-5,8-9H,6-7H2,1-3H3,(H,16,19)(H,17,18). The van der Waals surface area contributed by atoms with Crippen molar-refractivity contribution in [2.24, 2.45) is 0 Å². The maximum absolute atomic E-state index is 11.7. The average Bonchev–Trinajstić information content (AvgIpc) is 2.39. The van der Waals surface area contributed by atoms with Gasteiger partial charge in [-0.15, -0.1) is 0 Å². The van der Waals surface area contributed by atoms with Gasteiger partial charge in [0.05, 0.1) is 29.8 Å². The zero-order valence-corrected chi connectivity index (χ0v) is 12.6. The number of amides is 2. The van der Waals surface area contributed by atoms with Crippen LogP contribution in [0.3, 0.4) is 0 Å². The van der Waals surface area contributed by atoms with Gasteiger partial charge in [0.1, 0.15) is 0 Å². The molecule has 1 rings (SSSR count). The molecule has 1 aromatic carbocycles. The number of hydrogen-bond donors (Lipinski definition) is 2. The SMILES string of the molecule is CNC(=O)c1ccc(NC(=O)CCOC(C)C)c(Cl)c1. The second-order valence-corrected chi connectivity index (χ2v) is 4.90. The van der Waals surface area contributed by atoms with Gasteiger partial charge in [-0.3, -0.25) is 9.59 Å². The highest BCUT2D eigenvalue weighted by atomic mass is 35.5. The Labute approximate surface area is 123 Å². The van der Waals surface area contributed by atoms with Gasteiger partial charge in [0.2, 0.25) is 5.91 Å². The summed E-state index contributed by atoms with van der Waals surface area (Å²) in [5.41, 5.74) is 0.924. The number of nitrogens with one attached hydrogen (secondary N) is 2. The molecule has 0 saturated heterocycles. The minimum Gasteiger partial charge on any atom is -0.378 e. The molecule has 0 bridgehead atoms. The van der Waals surface area contributed by atoms with Gasteiger partial charge in [0.15, 0.2) is 0 Å². The molecule has 2 amide bonds. The van der Waals surface area contributed by atoms with Crippen LogP contribution in [0.1, 0.15) is 30.6 Å². The maximum Gasteiger partial charge on any atom is 0.251 e. The Hall–Kier alpha value is -1.59.